The van der Waals surface area contributed by atoms with E-state index in [0.29, 0.717) is 33.4 Å². The Kier molecular flexibility index (Phi) is 4.18. The lowest BCUT2D eigenvalue weighted by Gasteiger charge is -2.10. The Morgan fingerprint density at radius 2 is 1.91 bits per heavy atom. The van der Waals surface area contributed by atoms with E-state index in [1.165, 1.54) is 0 Å². The van der Waals surface area contributed by atoms with Crippen LogP contribution in [0.2, 0.25) is 10.0 Å². The van der Waals surface area contributed by atoms with Gasteiger partial charge in [-0.05, 0) is 31.9 Å². The Balaban J connectivity index is 1.83. The van der Waals surface area contributed by atoms with Gasteiger partial charge < -0.3 is 10.6 Å². The lowest BCUT2D eigenvalue weighted by molar-refractivity contribution is 0.102. The second-order valence-electron chi connectivity index (χ2n) is 5.16. The number of nitrogens with one attached hydrogen (secondary N) is 2. The van der Waals surface area contributed by atoms with Crippen molar-refractivity contribution in [3.8, 4) is 0 Å². The van der Waals surface area contributed by atoms with Gasteiger partial charge in [0.05, 0.1) is 15.7 Å². The zero-order chi connectivity index (χ0) is 15.7. The maximum atomic E-state index is 12.4. The van der Waals surface area contributed by atoms with Crippen LogP contribution in [0.3, 0.4) is 0 Å². The van der Waals surface area contributed by atoms with Crippen molar-refractivity contribution in [1.29, 1.82) is 0 Å². The molecule has 0 atom stereocenters. The molecule has 1 aliphatic carbocycles. The summed E-state index contributed by atoms with van der Waals surface area (Å²) in [5.74, 6) is 0.811. The standard InChI is InChI=1S/C15H14Cl2N4O/c1-8-18-12(7-13(19-8)20-9-5-6-9)15(22)21-14-10(16)3-2-4-11(14)17/h2-4,7,9H,5-6H2,1H3,(H,21,22)(H,18,19,20). The number of carbonyl (C=O) groups is 1. The third-order valence-electron chi connectivity index (χ3n) is 3.20. The van der Waals surface area contributed by atoms with Crippen molar-refractivity contribution in [2.75, 3.05) is 10.6 Å². The molecule has 0 radical (unpaired) electrons. The minimum Gasteiger partial charge on any atom is -0.367 e. The Labute approximate surface area is 138 Å². The molecule has 1 amide bonds. The van der Waals surface area contributed by atoms with Crippen LogP contribution in [-0.2, 0) is 0 Å². The summed E-state index contributed by atoms with van der Waals surface area (Å²) in [5, 5.41) is 6.71. The van der Waals surface area contributed by atoms with Crippen LogP contribution in [0.15, 0.2) is 24.3 Å². The van der Waals surface area contributed by atoms with E-state index in [9.17, 15) is 4.79 Å². The summed E-state index contributed by atoms with van der Waals surface area (Å²) in [5.41, 5.74) is 0.649. The third-order valence-corrected chi connectivity index (χ3v) is 3.83. The monoisotopic (exact) mass is 336 g/mol. The van der Waals surface area contributed by atoms with Crippen LogP contribution in [0.1, 0.15) is 29.2 Å². The summed E-state index contributed by atoms with van der Waals surface area (Å²) in [7, 11) is 0. The van der Waals surface area contributed by atoms with Crippen molar-refractivity contribution in [3.63, 3.8) is 0 Å². The summed E-state index contributed by atoms with van der Waals surface area (Å²) in [6, 6.07) is 7.12. The highest BCUT2D eigenvalue weighted by atomic mass is 35.5. The predicted molar refractivity (Wildman–Crippen MR) is 87.8 cm³/mol. The fraction of sp³-hybridized carbons (Fsp3) is 0.267. The normalized spacial score (nSPS) is 13.8. The minimum absolute atomic E-state index is 0.270. The van der Waals surface area contributed by atoms with Crippen LogP contribution in [0, 0.1) is 6.92 Å². The maximum Gasteiger partial charge on any atom is 0.274 e. The molecule has 1 saturated carbocycles. The molecular weight excluding hydrogens is 323 g/mol. The van der Waals surface area contributed by atoms with Gasteiger partial charge in [0.2, 0.25) is 0 Å². The van der Waals surface area contributed by atoms with Crippen LogP contribution >= 0.6 is 23.2 Å². The first-order chi connectivity index (χ1) is 10.5. The summed E-state index contributed by atoms with van der Waals surface area (Å²) < 4.78 is 0. The van der Waals surface area contributed by atoms with Crippen LogP contribution < -0.4 is 10.6 Å². The highest BCUT2D eigenvalue weighted by molar-refractivity contribution is 6.40. The average Bonchev–Trinajstić information content (AvgIpc) is 3.26. The largest absolute Gasteiger partial charge is 0.367 e. The molecule has 1 aromatic heterocycles. The molecule has 0 bridgehead atoms. The van der Waals surface area contributed by atoms with Gasteiger partial charge in [-0.15, -0.1) is 0 Å². The summed E-state index contributed by atoms with van der Waals surface area (Å²) >= 11 is 12.1. The fourth-order valence-corrected chi connectivity index (χ4v) is 2.48. The molecular formula is C15H14Cl2N4O. The van der Waals surface area contributed by atoms with Crippen molar-refractivity contribution < 1.29 is 4.79 Å². The highest BCUT2D eigenvalue weighted by Gasteiger charge is 2.22. The van der Waals surface area contributed by atoms with Gasteiger partial charge in [0.1, 0.15) is 17.3 Å². The maximum absolute atomic E-state index is 12.4. The number of anilines is 2. The van der Waals surface area contributed by atoms with Crippen molar-refractivity contribution in [1.82, 2.24) is 9.97 Å². The molecule has 114 valence electrons. The Morgan fingerprint density at radius 3 is 2.55 bits per heavy atom. The molecule has 0 unspecified atom stereocenters. The van der Waals surface area contributed by atoms with Gasteiger partial charge in [0.25, 0.3) is 5.91 Å². The number of hydrogen-bond acceptors (Lipinski definition) is 4. The second kappa shape index (κ2) is 6.10. The van der Waals surface area contributed by atoms with Crippen molar-refractivity contribution in [2.24, 2.45) is 0 Å². The van der Waals surface area contributed by atoms with Crippen molar-refractivity contribution >= 4 is 40.6 Å². The van der Waals surface area contributed by atoms with E-state index in [-0.39, 0.29) is 11.6 Å². The molecule has 5 nitrogen and oxygen atoms in total. The third kappa shape index (κ3) is 3.48. The number of para-hydroxylation sites is 1. The molecule has 7 heteroatoms. The Bertz CT molecular complexity index is 711. The number of aromatic nitrogens is 2. The van der Waals surface area contributed by atoms with Gasteiger partial charge in [0, 0.05) is 12.1 Å². The van der Waals surface area contributed by atoms with E-state index in [1.54, 1.807) is 31.2 Å². The average molecular weight is 337 g/mol. The van der Waals surface area contributed by atoms with E-state index in [1.807, 2.05) is 0 Å². The first kappa shape index (κ1) is 15.1. The van der Waals surface area contributed by atoms with Crippen LogP contribution in [0.5, 0.6) is 0 Å². The number of rotatable bonds is 4. The summed E-state index contributed by atoms with van der Waals surface area (Å²) in [4.78, 5) is 20.8. The molecule has 22 heavy (non-hydrogen) atoms. The number of amides is 1. The number of aryl methyl sites for hydroxylation is 1. The minimum atomic E-state index is -0.376. The van der Waals surface area contributed by atoms with Gasteiger partial charge >= 0.3 is 0 Å². The zero-order valence-electron chi connectivity index (χ0n) is 11.9. The molecule has 0 saturated heterocycles. The molecule has 1 aromatic carbocycles. The van der Waals surface area contributed by atoms with Gasteiger partial charge in [-0.2, -0.15) is 0 Å². The summed E-state index contributed by atoms with van der Waals surface area (Å²) in [6.45, 7) is 1.75. The lowest BCUT2D eigenvalue weighted by atomic mass is 10.3. The number of carbonyl (C=O) groups excluding carboxylic acids is 1. The predicted octanol–water partition coefficient (Wildman–Crippen LogP) is 3.92. The molecule has 0 spiro atoms. The molecule has 2 N–H and O–H groups in total. The smallest absolute Gasteiger partial charge is 0.274 e. The molecule has 1 heterocycles. The number of halogens is 2. The molecule has 3 rings (SSSR count). The number of benzene rings is 1. The van der Waals surface area contributed by atoms with Crippen LogP contribution in [-0.4, -0.2) is 21.9 Å². The second-order valence-corrected chi connectivity index (χ2v) is 5.97. The molecule has 0 aliphatic heterocycles. The van der Waals surface area contributed by atoms with Crippen molar-refractivity contribution in [3.05, 3.63) is 45.8 Å². The van der Waals surface area contributed by atoms with E-state index in [4.69, 9.17) is 23.2 Å². The van der Waals surface area contributed by atoms with Gasteiger partial charge in [-0.1, -0.05) is 29.3 Å². The van der Waals surface area contributed by atoms with E-state index < -0.39 is 0 Å². The van der Waals surface area contributed by atoms with E-state index in [0.717, 1.165) is 12.8 Å². The topological polar surface area (TPSA) is 66.9 Å². The molecule has 2 aromatic rings. The summed E-state index contributed by atoms with van der Waals surface area (Å²) in [6.07, 6.45) is 2.25. The van der Waals surface area contributed by atoms with Crippen molar-refractivity contribution in [2.45, 2.75) is 25.8 Å². The van der Waals surface area contributed by atoms with E-state index in [2.05, 4.69) is 20.6 Å². The van der Waals surface area contributed by atoms with Gasteiger partial charge in [-0.3, -0.25) is 4.79 Å². The van der Waals surface area contributed by atoms with E-state index >= 15 is 0 Å². The fourth-order valence-electron chi connectivity index (χ4n) is 1.99. The first-order valence-corrected chi connectivity index (χ1v) is 7.66. The Morgan fingerprint density at radius 1 is 1.23 bits per heavy atom. The first-order valence-electron chi connectivity index (χ1n) is 6.90. The quantitative estimate of drug-likeness (QED) is 0.887. The molecule has 1 fully saturated rings. The van der Waals surface area contributed by atoms with Crippen LogP contribution in [0.25, 0.3) is 0 Å². The van der Waals surface area contributed by atoms with Gasteiger partial charge in [-0.25, -0.2) is 9.97 Å². The van der Waals surface area contributed by atoms with Crippen LogP contribution in [0.4, 0.5) is 11.5 Å². The lowest BCUT2D eigenvalue weighted by Crippen LogP contribution is -2.16. The number of nitrogens with zero attached hydrogens (tertiary/aromatic N) is 2. The molecule has 1 aliphatic rings. The van der Waals surface area contributed by atoms with Gasteiger partial charge in [0.15, 0.2) is 0 Å². The number of hydrogen-bond donors (Lipinski definition) is 2. The Hall–Kier alpha value is -1.85. The SMILES string of the molecule is Cc1nc(NC2CC2)cc(C(=O)Nc2c(Cl)cccc2Cl)n1. The highest BCUT2D eigenvalue weighted by Crippen LogP contribution is 2.30. The zero-order valence-corrected chi connectivity index (χ0v) is 13.4.